The molecular formula is C20H37N3O. The highest BCUT2D eigenvalue weighted by Crippen LogP contribution is 2.45. The van der Waals surface area contributed by atoms with E-state index in [0.717, 1.165) is 19.1 Å². The molecule has 1 spiro atoms. The predicted octanol–water partition coefficient (Wildman–Crippen LogP) is 2.34. The lowest BCUT2D eigenvalue weighted by Crippen LogP contribution is -2.80. The van der Waals surface area contributed by atoms with Gasteiger partial charge < -0.3 is 10.1 Å². The van der Waals surface area contributed by atoms with Crippen LogP contribution in [-0.2, 0) is 4.74 Å². The Balaban J connectivity index is 1.38. The standard InChI is InChI=1S/C20H37N3O/c1-15(2)22-13-16-18(17(14-22)21-16)19(3,4)23-9-5-20(6-10-23)7-11-24-12-8-20/h15-18,21H,5-14H2,1-4H3. The predicted molar refractivity (Wildman–Crippen MR) is 98.3 cm³/mol. The third-order valence-electron chi connectivity index (χ3n) is 7.90. The summed E-state index contributed by atoms with van der Waals surface area (Å²) >= 11 is 0. The van der Waals surface area contributed by atoms with Crippen LogP contribution in [0.15, 0.2) is 0 Å². The first-order valence-corrected chi connectivity index (χ1v) is 10.2. The van der Waals surface area contributed by atoms with Crippen molar-refractivity contribution in [3.05, 3.63) is 0 Å². The van der Waals surface area contributed by atoms with Gasteiger partial charge in [-0.3, -0.25) is 9.80 Å². The molecule has 2 unspecified atom stereocenters. The summed E-state index contributed by atoms with van der Waals surface area (Å²) in [4.78, 5) is 5.48. The molecule has 4 heteroatoms. The van der Waals surface area contributed by atoms with Crippen LogP contribution in [0, 0.1) is 11.3 Å². The lowest BCUT2D eigenvalue weighted by Gasteiger charge is -2.63. The zero-order chi connectivity index (χ0) is 16.9. The van der Waals surface area contributed by atoms with Crippen LogP contribution in [0.1, 0.15) is 53.4 Å². The minimum absolute atomic E-state index is 0.330. The van der Waals surface area contributed by atoms with Crippen molar-refractivity contribution >= 4 is 0 Å². The first-order valence-electron chi connectivity index (χ1n) is 10.2. The third kappa shape index (κ3) is 2.84. The van der Waals surface area contributed by atoms with E-state index in [1.807, 2.05) is 0 Å². The van der Waals surface area contributed by atoms with Gasteiger partial charge in [0.05, 0.1) is 0 Å². The summed E-state index contributed by atoms with van der Waals surface area (Å²) in [5, 5.41) is 3.83. The van der Waals surface area contributed by atoms with Crippen LogP contribution in [0.3, 0.4) is 0 Å². The fourth-order valence-corrected chi connectivity index (χ4v) is 6.04. The maximum atomic E-state index is 5.61. The van der Waals surface area contributed by atoms with E-state index in [1.165, 1.54) is 51.9 Å². The van der Waals surface area contributed by atoms with E-state index in [1.54, 1.807) is 0 Å². The first kappa shape index (κ1) is 17.3. The highest BCUT2D eigenvalue weighted by Gasteiger charge is 2.55. The van der Waals surface area contributed by atoms with Crippen LogP contribution in [0.2, 0.25) is 0 Å². The van der Waals surface area contributed by atoms with Crippen molar-refractivity contribution in [3.8, 4) is 0 Å². The quantitative estimate of drug-likeness (QED) is 0.857. The topological polar surface area (TPSA) is 27.7 Å². The fourth-order valence-electron chi connectivity index (χ4n) is 6.04. The number of hydrogen-bond donors (Lipinski definition) is 1. The molecule has 0 amide bonds. The zero-order valence-corrected chi connectivity index (χ0v) is 16.2. The molecule has 5 saturated heterocycles. The van der Waals surface area contributed by atoms with Gasteiger partial charge in [-0.15, -0.1) is 0 Å². The molecule has 5 rings (SSSR count). The largest absolute Gasteiger partial charge is 0.381 e. The van der Waals surface area contributed by atoms with Crippen molar-refractivity contribution in [2.75, 3.05) is 39.4 Å². The van der Waals surface area contributed by atoms with E-state index in [0.29, 0.717) is 29.1 Å². The Morgan fingerprint density at radius 2 is 1.58 bits per heavy atom. The van der Waals surface area contributed by atoms with Gasteiger partial charge in [-0.25, -0.2) is 0 Å². The summed E-state index contributed by atoms with van der Waals surface area (Å²) in [5.41, 5.74) is 0.934. The SMILES string of the molecule is CC(C)N1CC2NC(C1)C2C(C)(C)N1CCC2(CCOCC2)CC1. The number of rotatable bonds is 3. The summed E-state index contributed by atoms with van der Waals surface area (Å²) in [6, 6.07) is 2.07. The van der Waals surface area contributed by atoms with Crippen molar-refractivity contribution in [1.82, 2.24) is 15.1 Å². The zero-order valence-electron chi connectivity index (χ0n) is 16.2. The molecule has 0 aromatic rings. The van der Waals surface area contributed by atoms with Crippen molar-refractivity contribution in [1.29, 1.82) is 0 Å². The third-order valence-corrected chi connectivity index (χ3v) is 7.90. The molecular weight excluding hydrogens is 298 g/mol. The fraction of sp³-hybridized carbons (Fsp3) is 1.00. The average molecular weight is 336 g/mol. The van der Waals surface area contributed by atoms with Crippen molar-refractivity contribution in [2.24, 2.45) is 11.3 Å². The number of hydrogen-bond acceptors (Lipinski definition) is 4. The number of fused-ring (bicyclic) bond motifs is 2. The molecule has 2 atom stereocenters. The molecule has 0 saturated carbocycles. The molecule has 2 bridgehead atoms. The average Bonchev–Trinajstić information content (AvgIpc) is 2.55. The van der Waals surface area contributed by atoms with E-state index >= 15 is 0 Å². The molecule has 0 aromatic heterocycles. The smallest absolute Gasteiger partial charge is 0.0471 e. The Morgan fingerprint density at radius 1 is 1.00 bits per heavy atom. The number of ether oxygens (including phenoxy) is 1. The summed E-state index contributed by atoms with van der Waals surface area (Å²) in [6.07, 6.45) is 5.35. The lowest BCUT2D eigenvalue weighted by atomic mass is 9.65. The van der Waals surface area contributed by atoms with Gasteiger partial charge in [-0.2, -0.15) is 0 Å². The van der Waals surface area contributed by atoms with Crippen molar-refractivity contribution in [3.63, 3.8) is 0 Å². The van der Waals surface area contributed by atoms with Gasteiger partial charge in [0.25, 0.3) is 0 Å². The summed E-state index contributed by atoms with van der Waals surface area (Å²) in [7, 11) is 0. The molecule has 5 heterocycles. The van der Waals surface area contributed by atoms with Gasteiger partial charge in [0, 0.05) is 55.9 Å². The van der Waals surface area contributed by atoms with E-state index in [4.69, 9.17) is 4.74 Å². The van der Waals surface area contributed by atoms with Crippen molar-refractivity contribution in [2.45, 2.75) is 77.0 Å². The van der Waals surface area contributed by atoms with Gasteiger partial charge in [0.1, 0.15) is 0 Å². The minimum atomic E-state index is 0.330. The molecule has 4 nitrogen and oxygen atoms in total. The number of piperidine rings is 2. The molecule has 0 aliphatic carbocycles. The van der Waals surface area contributed by atoms with E-state index in [2.05, 4.69) is 42.8 Å². The molecule has 5 fully saturated rings. The second-order valence-corrected chi connectivity index (χ2v) is 9.71. The Morgan fingerprint density at radius 3 is 2.12 bits per heavy atom. The van der Waals surface area contributed by atoms with Gasteiger partial charge in [-0.05, 0) is 71.9 Å². The Labute approximate surface area is 148 Å². The first-order chi connectivity index (χ1) is 11.4. The van der Waals surface area contributed by atoms with Crippen LogP contribution in [0.25, 0.3) is 0 Å². The van der Waals surface area contributed by atoms with E-state index in [-0.39, 0.29) is 0 Å². The highest BCUT2D eigenvalue weighted by atomic mass is 16.5. The summed E-state index contributed by atoms with van der Waals surface area (Å²) in [6.45, 7) is 16.7. The number of nitrogens with zero attached hydrogens (tertiary/aromatic N) is 2. The Hall–Kier alpha value is -0.160. The van der Waals surface area contributed by atoms with E-state index < -0.39 is 0 Å². The van der Waals surface area contributed by atoms with Gasteiger partial charge >= 0.3 is 0 Å². The van der Waals surface area contributed by atoms with Crippen LogP contribution in [0.5, 0.6) is 0 Å². The summed E-state index contributed by atoms with van der Waals surface area (Å²) in [5.74, 6) is 0.816. The van der Waals surface area contributed by atoms with Crippen LogP contribution < -0.4 is 5.32 Å². The molecule has 24 heavy (non-hydrogen) atoms. The molecule has 5 aliphatic rings. The molecule has 0 radical (unpaired) electrons. The maximum Gasteiger partial charge on any atom is 0.0471 e. The van der Waals surface area contributed by atoms with Gasteiger partial charge in [0.15, 0.2) is 0 Å². The van der Waals surface area contributed by atoms with Crippen molar-refractivity contribution < 1.29 is 4.74 Å². The van der Waals surface area contributed by atoms with E-state index in [9.17, 15) is 0 Å². The highest BCUT2D eigenvalue weighted by molar-refractivity contribution is 5.13. The second kappa shape index (κ2) is 6.22. The molecule has 1 N–H and O–H groups in total. The Bertz CT molecular complexity index is 436. The number of piperazine rings is 1. The molecule has 0 aromatic carbocycles. The lowest BCUT2D eigenvalue weighted by molar-refractivity contribution is -0.103. The maximum absolute atomic E-state index is 5.61. The molecule has 5 aliphatic heterocycles. The monoisotopic (exact) mass is 335 g/mol. The number of nitrogens with one attached hydrogen (secondary N) is 1. The second-order valence-electron chi connectivity index (χ2n) is 9.71. The Kier molecular flexibility index (Phi) is 4.48. The molecule has 138 valence electrons. The summed E-state index contributed by atoms with van der Waals surface area (Å²) < 4.78 is 5.61. The minimum Gasteiger partial charge on any atom is -0.381 e. The van der Waals surface area contributed by atoms with Gasteiger partial charge in [0.2, 0.25) is 0 Å². The van der Waals surface area contributed by atoms with Crippen LogP contribution >= 0.6 is 0 Å². The van der Waals surface area contributed by atoms with Crippen LogP contribution in [-0.4, -0.2) is 72.9 Å². The normalized spacial score (nSPS) is 37.6. The number of likely N-dealkylation sites (tertiary alicyclic amines) is 1. The van der Waals surface area contributed by atoms with Crippen LogP contribution in [0.4, 0.5) is 0 Å². The van der Waals surface area contributed by atoms with Gasteiger partial charge in [-0.1, -0.05) is 0 Å².